The van der Waals surface area contributed by atoms with Crippen LogP contribution in [0.15, 0.2) is 16.9 Å². The van der Waals surface area contributed by atoms with E-state index in [1.807, 2.05) is 18.7 Å². The van der Waals surface area contributed by atoms with E-state index in [0.717, 1.165) is 31.7 Å². The van der Waals surface area contributed by atoms with Crippen molar-refractivity contribution in [3.05, 3.63) is 33.7 Å². The van der Waals surface area contributed by atoms with Crippen molar-refractivity contribution in [2.24, 2.45) is 5.92 Å². The zero-order valence-electron chi connectivity index (χ0n) is 11.1. The highest BCUT2D eigenvalue weighted by atomic mass is 16.1. The van der Waals surface area contributed by atoms with Crippen molar-refractivity contribution >= 4 is 0 Å². The lowest BCUT2D eigenvalue weighted by molar-refractivity contribution is 0.256. The van der Waals surface area contributed by atoms with E-state index in [-0.39, 0.29) is 5.56 Å². The van der Waals surface area contributed by atoms with Crippen molar-refractivity contribution < 1.29 is 0 Å². The molecule has 98 valence electrons. The fourth-order valence-electron chi connectivity index (χ4n) is 3.32. The fourth-order valence-corrected chi connectivity index (χ4v) is 3.32. The summed E-state index contributed by atoms with van der Waals surface area (Å²) in [6.07, 6.45) is 1.23. The molecule has 0 aromatic carbocycles. The summed E-state index contributed by atoms with van der Waals surface area (Å²) in [6.45, 7) is 3.80. The second-order valence-corrected chi connectivity index (χ2v) is 5.93. The minimum atomic E-state index is 0.181. The fraction of sp³-hybridized carbons (Fsp3) is 0.643. The minimum absolute atomic E-state index is 0.181. The van der Waals surface area contributed by atoms with Gasteiger partial charge in [0, 0.05) is 37.3 Å². The molecule has 2 aliphatic heterocycles. The summed E-state index contributed by atoms with van der Waals surface area (Å²) >= 11 is 0. The maximum atomic E-state index is 12.2. The molecule has 1 fully saturated rings. The van der Waals surface area contributed by atoms with Crippen LogP contribution in [0.4, 0.5) is 0 Å². The van der Waals surface area contributed by atoms with Gasteiger partial charge in [0.15, 0.2) is 0 Å². The van der Waals surface area contributed by atoms with Crippen molar-refractivity contribution in [3.63, 3.8) is 0 Å². The number of rotatable bonds is 2. The highest BCUT2D eigenvalue weighted by Gasteiger charge is 2.30. The van der Waals surface area contributed by atoms with E-state index in [0.29, 0.717) is 11.8 Å². The molecular weight excluding hydrogens is 226 g/mol. The third-order valence-corrected chi connectivity index (χ3v) is 4.02. The molecular formula is C14H21N3O. The topological polar surface area (TPSA) is 37.3 Å². The first-order chi connectivity index (χ1) is 8.63. The molecule has 4 heteroatoms. The first kappa shape index (κ1) is 11.9. The van der Waals surface area contributed by atoms with Gasteiger partial charge in [0.05, 0.1) is 0 Å². The van der Waals surface area contributed by atoms with Gasteiger partial charge in [-0.25, -0.2) is 0 Å². The molecule has 18 heavy (non-hydrogen) atoms. The van der Waals surface area contributed by atoms with Gasteiger partial charge in [0.25, 0.3) is 5.56 Å². The van der Waals surface area contributed by atoms with Crippen molar-refractivity contribution in [3.8, 4) is 0 Å². The summed E-state index contributed by atoms with van der Waals surface area (Å²) in [5, 5.41) is 3.48. The van der Waals surface area contributed by atoms with Crippen molar-refractivity contribution in [2.75, 3.05) is 27.2 Å². The average molecular weight is 247 g/mol. The molecule has 3 heterocycles. The third-order valence-electron chi connectivity index (χ3n) is 4.02. The van der Waals surface area contributed by atoms with Gasteiger partial charge in [-0.3, -0.25) is 4.79 Å². The number of aromatic nitrogens is 1. The lowest BCUT2D eigenvalue weighted by Crippen LogP contribution is -2.45. The Morgan fingerprint density at radius 1 is 1.39 bits per heavy atom. The SMILES string of the molecule is CN(C)Cc1cc2n(c(=O)c1)CC1CNC[C@H]2C1. The van der Waals surface area contributed by atoms with Crippen LogP contribution in [-0.4, -0.2) is 36.7 Å². The van der Waals surface area contributed by atoms with Gasteiger partial charge in [-0.1, -0.05) is 0 Å². The smallest absolute Gasteiger partial charge is 0.251 e. The Morgan fingerprint density at radius 2 is 2.22 bits per heavy atom. The zero-order valence-corrected chi connectivity index (χ0v) is 11.1. The summed E-state index contributed by atoms with van der Waals surface area (Å²) in [5.41, 5.74) is 2.56. The van der Waals surface area contributed by atoms with Crippen LogP contribution in [0, 0.1) is 5.92 Å². The summed E-state index contributed by atoms with van der Waals surface area (Å²) in [5.74, 6) is 1.15. The number of nitrogens with one attached hydrogen (secondary N) is 1. The maximum Gasteiger partial charge on any atom is 0.251 e. The predicted molar refractivity (Wildman–Crippen MR) is 71.8 cm³/mol. The number of nitrogens with zero attached hydrogens (tertiary/aromatic N) is 2. The molecule has 0 radical (unpaired) electrons. The lowest BCUT2D eigenvalue weighted by Gasteiger charge is -2.37. The van der Waals surface area contributed by atoms with Gasteiger partial charge in [-0.2, -0.15) is 0 Å². The largest absolute Gasteiger partial charge is 0.316 e. The third kappa shape index (κ3) is 2.10. The van der Waals surface area contributed by atoms with Crippen LogP contribution in [0.3, 0.4) is 0 Å². The summed E-state index contributed by atoms with van der Waals surface area (Å²) in [7, 11) is 4.07. The Kier molecular flexibility index (Phi) is 2.99. The molecule has 0 amide bonds. The van der Waals surface area contributed by atoms with Gasteiger partial charge in [-0.05, 0) is 44.6 Å². The van der Waals surface area contributed by atoms with Crippen molar-refractivity contribution in [1.82, 2.24) is 14.8 Å². The number of pyridine rings is 1. The van der Waals surface area contributed by atoms with E-state index in [1.165, 1.54) is 12.1 Å². The molecule has 1 aromatic heterocycles. The minimum Gasteiger partial charge on any atom is -0.316 e. The quantitative estimate of drug-likeness (QED) is 0.832. The van der Waals surface area contributed by atoms with Gasteiger partial charge in [-0.15, -0.1) is 0 Å². The van der Waals surface area contributed by atoms with Crippen LogP contribution in [0.25, 0.3) is 0 Å². The number of hydrogen-bond acceptors (Lipinski definition) is 3. The standard InChI is InChI=1S/C14H21N3O/c1-16(2)8-10-4-13-12-3-11(6-15-7-12)9-17(13)14(18)5-10/h4-5,11-12,15H,3,6-9H2,1-2H3/t11?,12-/m1/s1. The van der Waals surface area contributed by atoms with E-state index < -0.39 is 0 Å². The van der Waals surface area contributed by atoms with Crippen LogP contribution in [-0.2, 0) is 13.1 Å². The normalized spacial score (nSPS) is 26.2. The van der Waals surface area contributed by atoms with E-state index in [4.69, 9.17) is 0 Å². The second kappa shape index (κ2) is 4.52. The number of fused-ring (bicyclic) bond motifs is 4. The molecule has 2 atom stereocenters. The molecule has 1 unspecified atom stereocenters. The molecule has 0 spiro atoms. The van der Waals surface area contributed by atoms with Crippen molar-refractivity contribution in [1.29, 1.82) is 0 Å². The van der Waals surface area contributed by atoms with Crippen molar-refractivity contribution in [2.45, 2.75) is 25.4 Å². The Labute approximate surface area is 108 Å². The highest BCUT2D eigenvalue weighted by molar-refractivity contribution is 5.23. The van der Waals surface area contributed by atoms with Crippen LogP contribution in [0.2, 0.25) is 0 Å². The average Bonchev–Trinajstić information content (AvgIpc) is 2.31. The summed E-state index contributed by atoms with van der Waals surface area (Å²) in [4.78, 5) is 14.3. The van der Waals surface area contributed by atoms with E-state index in [9.17, 15) is 4.79 Å². The van der Waals surface area contributed by atoms with E-state index in [2.05, 4.69) is 16.3 Å². The molecule has 1 saturated heterocycles. The number of hydrogen-bond donors (Lipinski definition) is 1. The number of piperidine rings is 1. The lowest BCUT2D eigenvalue weighted by atomic mass is 9.84. The van der Waals surface area contributed by atoms with E-state index in [1.54, 1.807) is 6.07 Å². The van der Waals surface area contributed by atoms with Crippen LogP contribution >= 0.6 is 0 Å². The van der Waals surface area contributed by atoms with Gasteiger partial charge in [0.1, 0.15) is 0 Å². The van der Waals surface area contributed by atoms with Crippen LogP contribution in [0.5, 0.6) is 0 Å². The highest BCUT2D eigenvalue weighted by Crippen LogP contribution is 2.32. The van der Waals surface area contributed by atoms with Gasteiger partial charge >= 0.3 is 0 Å². The molecule has 1 aromatic rings. The molecule has 2 aliphatic rings. The van der Waals surface area contributed by atoms with Gasteiger partial charge in [0.2, 0.25) is 0 Å². The maximum absolute atomic E-state index is 12.2. The summed E-state index contributed by atoms with van der Waals surface area (Å²) < 4.78 is 2.00. The van der Waals surface area contributed by atoms with Crippen LogP contribution < -0.4 is 10.9 Å². The molecule has 0 saturated carbocycles. The van der Waals surface area contributed by atoms with Gasteiger partial charge < -0.3 is 14.8 Å². The zero-order chi connectivity index (χ0) is 12.7. The molecule has 0 aliphatic carbocycles. The van der Waals surface area contributed by atoms with E-state index >= 15 is 0 Å². The Bertz CT molecular complexity index is 506. The molecule has 2 bridgehead atoms. The Hall–Kier alpha value is -1.13. The predicted octanol–water partition coefficient (Wildman–Crippen LogP) is 0.617. The monoisotopic (exact) mass is 247 g/mol. The molecule has 1 N–H and O–H groups in total. The second-order valence-electron chi connectivity index (χ2n) is 5.93. The first-order valence-corrected chi connectivity index (χ1v) is 6.72. The Balaban J connectivity index is 2.02. The molecule has 3 rings (SSSR count). The summed E-state index contributed by atoms with van der Waals surface area (Å²) in [6, 6.07) is 4.03. The van der Waals surface area contributed by atoms with Crippen LogP contribution in [0.1, 0.15) is 23.6 Å². The first-order valence-electron chi connectivity index (χ1n) is 6.72. The Morgan fingerprint density at radius 3 is 3.00 bits per heavy atom. The molecule has 4 nitrogen and oxygen atoms in total.